The Labute approximate surface area is 225 Å². The molecule has 0 amide bonds. The molecule has 4 heteroatoms. The van der Waals surface area contributed by atoms with E-state index < -0.39 is 26.7 Å². The number of carbonyl (C=O) groups excluding carboxylic acids is 1. The second-order valence-corrected chi connectivity index (χ2v) is 29.0. The Morgan fingerprint density at radius 1 is 0.914 bits per heavy atom. The summed E-state index contributed by atoms with van der Waals surface area (Å²) in [5, 5.41) is 0. The van der Waals surface area contributed by atoms with Gasteiger partial charge in [0, 0.05) is 6.42 Å². The molecule has 0 N–H and O–H groups in total. The van der Waals surface area contributed by atoms with Gasteiger partial charge in [0.1, 0.15) is 0 Å². The number of carbonyl (C=O) groups is 1. The monoisotopic (exact) mass is 612 g/mol. The molecule has 35 heavy (non-hydrogen) atoms. The first-order valence-electron chi connectivity index (χ1n) is 14.8. The van der Waals surface area contributed by atoms with Crippen molar-refractivity contribution < 1.29 is 9.22 Å². The summed E-state index contributed by atoms with van der Waals surface area (Å²) < 4.78 is 14.2. The smallest absolute Gasteiger partial charge is 0.155 e. The first-order chi connectivity index (χ1) is 16.6. The fourth-order valence-electron chi connectivity index (χ4n) is 4.83. The topological polar surface area (TPSA) is 26.3 Å². The molecule has 1 atom stereocenters. The third kappa shape index (κ3) is 17.1. The van der Waals surface area contributed by atoms with Gasteiger partial charge in [0.25, 0.3) is 0 Å². The van der Waals surface area contributed by atoms with E-state index in [4.69, 9.17) is 4.43 Å². The minimum atomic E-state index is -2.30. The summed E-state index contributed by atoms with van der Waals surface area (Å²) in [6, 6.07) is 0. The minimum Gasteiger partial charge on any atom is -0.295 e. The molecule has 0 radical (unpaired) electrons. The van der Waals surface area contributed by atoms with E-state index in [1.54, 1.807) is 6.08 Å². The first kappa shape index (κ1) is 34.9. The maximum atomic E-state index is 10.2. The van der Waals surface area contributed by atoms with Crippen molar-refractivity contribution in [2.24, 2.45) is 0 Å². The van der Waals surface area contributed by atoms with Crippen LogP contribution in [0.25, 0.3) is 0 Å². The second kappa shape index (κ2) is 19.9. The van der Waals surface area contributed by atoms with Crippen LogP contribution in [0.4, 0.5) is 0 Å². The average molecular weight is 612 g/mol. The molecule has 1 aliphatic rings. The summed E-state index contributed by atoms with van der Waals surface area (Å²) in [6.07, 6.45) is 24.5. The van der Waals surface area contributed by atoms with E-state index in [1.165, 1.54) is 77.5 Å². The Balaban J connectivity index is 0.00000166. The normalized spacial score (nSPS) is 15.8. The maximum absolute atomic E-state index is 10.2. The predicted octanol–water partition coefficient (Wildman–Crippen LogP) is 10.6. The van der Waals surface area contributed by atoms with Crippen LogP contribution in [0, 0.1) is 0 Å². The third-order valence-electron chi connectivity index (χ3n) is 6.93. The van der Waals surface area contributed by atoms with Gasteiger partial charge in [0.15, 0.2) is 5.78 Å². The van der Waals surface area contributed by atoms with E-state index in [0.29, 0.717) is 0 Å². The van der Waals surface area contributed by atoms with Crippen LogP contribution in [0.1, 0.15) is 111 Å². The van der Waals surface area contributed by atoms with Crippen LogP contribution in [0.3, 0.4) is 0 Å². The molecule has 0 aromatic rings. The number of ketones is 1. The summed E-state index contributed by atoms with van der Waals surface area (Å²) >= 11 is -2.30. The summed E-state index contributed by atoms with van der Waals surface area (Å²) in [6.45, 7) is 20.6. The van der Waals surface area contributed by atoms with Gasteiger partial charge in [-0.1, -0.05) is 6.08 Å². The fraction of sp³-hybridized carbons (Fsp3) is 0.774. The van der Waals surface area contributed by atoms with Crippen LogP contribution in [-0.4, -0.2) is 38.1 Å². The zero-order chi connectivity index (χ0) is 26.6. The average Bonchev–Trinajstić information content (AvgIpc) is 3.31. The molecule has 1 unspecified atom stereocenters. The SMILES string of the molecule is C=CC(C=[CH][Sn]([CH2]CCC)([CH2]CCC)[CH2]CCC)(CCCCCC)O[Si](C)(C)C.O=C1C=CCC1. The van der Waals surface area contributed by atoms with Gasteiger partial charge in [0.2, 0.25) is 0 Å². The van der Waals surface area contributed by atoms with E-state index >= 15 is 0 Å². The van der Waals surface area contributed by atoms with Crippen LogP contribution >= 0.6 is 0 Å². The van der Waals surface area contributed by atoms with Gasteiger partial charge in [-0.05, 0) is 12.5 Å². The van der Waals surface area contributed by atoms with E-state index in [2.05, 4.69) is 70.2 Å². The molecule has 0 aliphatic heterocycles. The van der Waals surface area contributed by atoms with E-state index in [-0.39, 0.29) is 11.4 Å². The molecule has 0 bridgehead atoms. The minimum absolute atomic E-state index is 0.231. The Kier molecular flexibility index (Phi) is 19.8. The van der Waals surface area contributed by atoms with Crippen molar-refractivity contribution in [1.29, 1.82) is 0 Å². The van der Waals surface area contributed by atoms with Crippen molar-refractivity contribution in [2.75, 3.05) is 0 Å². The Morgan fingerprint density at radius 3 is 1.80 bits per heavy atom. The van der Waals surface area contributed by atoms with E-state index in [0.717, 1.165) is 19.3 Å². The molecule has 0 fully saturated rings. The van der Waals surface area contributed by atoms with Crippen molar-refractivity contribution >= 4 is 32.5 Å². The Morgan fingerprint density at radius 2 is 1.46 bits per heavy atom. The number of hydrogen-bond acceptors (Lipinski definition) is 2. The zero-order valence-electron chi connectivity index (χ0n) is 24.7. The summed E-state index contributed by atoms with van der Waals surface area (Å²) in [4.78, 5) is 10.2. The van der Waals surface area contributed by atoms with Crippen molar-refractivity contribution in [3.8, 4) is 0 Å². The number of rotatable bonds is 19. The first-order valence-corrected chi connectivity index (χ1v) is 26.0. The van der Waals surface area contributed by atoms with Crippen molar-refractivity contribution in [1.82, 2.24) is 0 Å². The van der Waals surface area contributed by atoms with Gasteiger partial charge >= 0.3 is 191 Å². The van der Waals surface area contributed by atoms with Crippen LogP contribution < -0.4 is 0 Å². The summed E-state index contributed by atoms with van der Waals surface area (Å²) in [5.74, 6) is 0.273. The molecule has 2 nitrogen and oxygen atoms in total. The summed E-state index contributed by atoms with van der Waals surface area (Å²) in [7, 11) is -1.65. The molecule has 0 aromatic heterocycles. The van der Waals surface area contributed by atoms with Gasteiger partial charge in [-0.3, -0.25) is 4.79 Å². The van der Waals surface area contributed by atoms with Crippen LogP contribution in [0.2, 0.25) is 33.0 Å². The molecule has 0 heterocycles. The second-order valence-electron chi connectivity index (χ2n) is 11.6. The molecule has 204 valence electrons. The Hall–Kier alpha value is -0.134. The third-order valence-corrected chi connectivity index (χ3v) is 22.0. The molecule has 0 aromatic carbocycles. The Bertz CT molecular complexity index is 598. The zero-order valence-corrected chi connectivity index (χ0v) is 28.6. The maximum Gasteiger partial charge on any atom is 0.155 e. The quantitative estimate of drug-likeness (QED) is 0.0825. The molecule has 0 saturated carbocycles. The predicted molar refractivity (Wildman–Crippen MR) is 164 cm³/mol. The van der Waals surface area contributed by atoms with Gasteiger partial charge in [-0.25, -0.2) is 0 Å². The van der Waals surface area contributed by atoms with Gasteiger partial charge in [-0.15, -0.1) is 0 Å². The van der Waals surface area contributed by atoms with Gasteiger partial charge in [0.05, 0.1) is 0 Å². The van der Waals surface area contributed by atoms with Gasteiger partial charge < -0.3 is 0 Å². The van der Waals surface area contributed by atoms with E-state index in [1.807, 2.05) is 6.08 Å². The number of hydrogen-bond donors (Lipinski definition) is 0. The molecule has 0 saturated heterocycles. The van der Waals surface area contributed by atoms with Crippen LogP contribution in [0.5, 0.6) is 0 Å². The van der Waals surface area contributed by atoms with Gasteiger partial charge in [-0.2, -0.15) is 0 Å². The van der Waals surface area contributed by atoms with Crippen molar-refractivity contribution in [3.63, 3.8) is 0 Å². The molecule has 1 aliphatic carbocycles. The van der Waals surface area contributed by atoms with Crippen LogP contribution in [0.15, 0.2) is 35.0 Å². The van der Waals surface area contributed by atoms with Crippen molar-refractivity contribution in [2.45, 2.75) is 150 Å². The molecular weight excluding hydrogens is 551 g/mol. The van der Waals surface area contributed by atoms with E-state index in [9.17, 15) is 4.79 Å². The van der Waals surface area contributed by atoms with Crippen LogP contribution in [-0.2, 0) is 9.22 Å². The summed E-state index contributed by atoms with van der Waals surface area (Å²) in [5.41, 5.74) is -0.231. The number of unbranched alkanes of at least 4 members (excludes halogenated alkanes) is 6. The molecule has 0 spiro atoms. The number of allylic oxidation sites excluding steroid dienone is 2. The molecular formula is C31H60O2SiSn. The molecule has 1 rings (SSSR count). The fourth-order valence-corrected chi connectivity index (χ4v) is 20.7. The standard InChI is InChI=1S/C14H27OSi.C5H6O.3C4H9.Sn/c1-7-10-11-12-13-14(8-2,9-3)15-16(4,5)6;6-5-3-1-2-4-5;3*1-3-4-2;/h2,8-9H,3,7,10-13H2,1,4-6H3;1,3H,2,4H2;3*1,3-4H2,2H3;. The largest absolute Gasteiger partial charge is 0.295 e. The van der Waals surface area contributed by atoms with Crippen molar-refractivity contribution in [3.05, 3.63) is 35.0 Å².